The highest BCUT2D eigenvalue weighted by Crippen LogP contribution is 2.37. The van der Waals surface area contributed by atoms with Crippen LogP contribution in [0.5, 0.6) is 5.75 Å². The fourth-order valence-corrected chi connectivity index (χ4v) is 4.58. The Morgan fingerprint density at radius 2 is 1.68 bits per heavy atom. The van der Waals surface area contributed by atoms with Gasteiger partial charge in [-0.05, 0) is 50.2 Å². The van der Waals surface area contributed by atoms with Crippen molar-refractivity contribution in [2.24, 2.45) is 0 Å². The third kappa shape index (κ3) is 4.64. The number of methoxy groups -OCH3 is 1. The van der Waals surface area contributed by atoms with Crippen molar-refractivity contribution in [1.82, 2.24) is 25.0 Å². The van der Waals surface area contributed by atoms with Gasteiger partial charge in [-0.3, -0.25) is 4.57 Å². The van der Waals surface area contributed by atoms with Crippen molar-refractivity contribution in [3.8, 4) is 22.9 Å². The number of morpholine rings is 1. The maximum atomic E-state index is 5.99. The molecule has 9 nitrogen and oxygen atoms in total. The van der Waals surface area contributed by atoms with Gasteiger partial charge in [0.05, 0.1) is 31.3 Å². The third-order valence-corrected chi connectivity index (χ3v) is 6.64. The second kappa shape index (κ2) is 9.86. The van der Waals surface area contributed by atoms with Crippen molar-refractivity contribution in [1.29, 1.82) is 0 Å². The first-order valence-corrected chi connectivity index (χ1v) is 12.0. The Morgan fingerprint density at radius 3 is 2.38 bits per heavy atom. The Bertz CT molecular complexity index is 1230. The van der Waals surface area contributed by atoms with E-state index in [0.717, 1.165) is 41.2 Å². The molecule has 0 radical (unpaired) electrons. The number of aromatic nitrogens is 5. The first kappa shape index (κ1) is 22.4. The molecule has 1 aliphatic rings. The molecule has 2 aromatic heterocycles. The molecule has 0 spiro atoms. The Hall–Kier alpha value is -3.37. The van der Waals surface area contributed by atoms with Gasteiger partial charge in [0.2, 0.25) is 17.7 Å². The molecular weight excluding hydrogens is 452 g/mol. The number of rotatable bonds is 7. The normalized spacial score (nSPS) is 14.9. The van der Waals surface area contributed by atoms with Crippen LogP contribution >= 0.6 is 11.8 Å². The summed E-state index contributed by atoms with van der Waals surface area (Å²) in [4.78, 5) is 2.21. The molecule has 0 amide bonds. The van der Waals surface area contributed by atoms with E-state index in [1.807, 2.05) is 31.2 Å². The molecule has 176 valence electrons. The molecule has 3 heterocycles. The van der Waals surface area contributed by atoms with Gasteiger partial charge in [0, 0.05) is 18.7 Å². The summed E-state index contributed by atoms with van der Waals surface area (Å²) in [5, 5.41) is 18.2. The van der Waals surface area contributed by atoms with Gasteiger partial charge in [0.1, 0.15) is 5.75 Å². The van der Waals surface area contributed by atoms with Crippen LogP contribution in [0.3, 0.4) is 0 Å². The van der Waals surface area contributed by atoms with E-state index in [4.69, 9.17) is 13.9 Å². The standard InChI is InChI=1S/C24H26N6O3S/c1-16-4-8-19(9-5-16)30-23(29-12-14-32-15-13-29)27-28-24(30)34-17(2)21-25-26-22(33-21)18-6-10-20(31-3)11-7-18/h4-11,17H,12-15H2,1-3H3/t17-/m0/s1. The topological polar surface area (TPSA) is 91.3 Å². The largest absolute Gasteiger partial charge is 0.497 e. The van der Waals surface area contributed by atoms with Crippen LogP contribution in [0.1, 0.15) is 23.6 Å². The first-order chi connectivity index (χ1) is 16.6. The molecule has 34 heavy (non-hydrogen) atoms. The number of thioether (sulfide) groups is 1. The second-order valence-electron chi connectivity index (χ2n) is 7.99. The molecule has 5 rings (SSSR count). The lowest BCUT2D eigenvalue weighted by atomic mass is 10.2. The molecule has 1 aliphatic heterocycles. The van der Waals surface area contributed by atoms with Crippen molar-refractivity contribution >= 4 is 17.7 Å². The van der Waals surface area contributed by atoms with Gasteiger partial charge in [0.25, 0.3) is 0 Å². The zero-order chi connectivity index (χ0) is 23.5. The van der Waals surface area contributed by atoms with Crippen molar-refractivity contribution in [3.63, 3.8) is 0 Å². The second-order valence-corrected chi connectivity index (χ2v) is 9.29. The van der Waals surface area contributed by atoms with E-state index in [2.05, 4.69) is 61.1 Å². The quantitative estimate of drug-likeness (QED) is 0.360. The van der Waals surface area contributed by atoms with Crippen LogP contribution in [-0.4, -0.2) is 58.4 Å². The fourth-order valence-electron chi connectivity index (χ4n) is 3.68. The van der Waals surface area contributed by atoms with Crippen molar-refractivity contribution in [2.45, 2.75) is 24.3 Å². The molecule has 1 atom stereocenters. The van der Waals surface area contributed by atoms with E-state index in [1.54, 1.807) is 7.11 Å². The van der Waals surface area contributed by atoms with Gasteiger partial charge < -0.3 is 18.8 Å². The number of aryl methyl sites for hydroxylation is 1. The summed E-state index contributed by atoms with van der Waals surface area (Å²) in [5.41, 5.74) is 3.05. The number of anilines is 1. The summed E-state index contributed by atoms with van der Waals surface area (Å²) >= 11 is 1.54. The van der Waals surface area contributed by atoms with Gasteiger partial charge in [-0.25, -0.2) is 0 Å². The Labute approximate surface area is 202 Å². The molecule has 0 saturated carbocycles. The first-order valence-electron chi connectivity index (χ1n) is 11.1. The molecular formula is C24H26N6O3S. The van der Waals surface area contributed by atoms with E-state index in [1.165, 1.54) is 17.3 Å². The SMILES string of the molecule is COc1ccc(-c2nnc([C@H](C)Sc3nnc(N4CCOCC4)n3-c3ccc(C)cc3)o2)cc1. The lowest BCUT2D eigenvalue weighted by Gasteiger charge is -2.28. The van der Waals surface area contributed by atoms with Crippen LogP contribution in [0.4, 0.5) is 5.95 Å². The minimum absolute atomic E-state index is 0.120. The fraction of sp³-hybridized carbons (Fsp3) is 0.333. The van der Waals surface area contributed by atoms with Gasteiger partial charge in [-0.1, -0.05) is 29.5 Å². The minimum Gasteiger partial charge on any atom is -0.497 e. The lowest BCUT2D eigenvalue weighted by molar-refractivity contribution is 0.122. The molecule has 0 bridgehead atoms. The zero-order valence-electron chi connectivity index (χ0n) is 19.3. The van der Waals surface area contributed by atoms with Crippen molar-refractivity contribution < 1.29 is 13.9 Å². The summed E-state index contributed by atoms with van der Waals surface area (Å²) < 4.78 is 18.8. The number of hydrogen-bond donors (Lipinski definition) is 0. The summed E-state index contributed by atoms with van der Waals surface area (Å²) in [7, 11) is 1.64. The van der Waals surface area contributed by atoms with Gasteiger partial charge in [-0.2, -0.15) is 0 Å². The predicted octanol–water partition coefficient (Wildman–Crippen LogP) is 4.32. The van der Waals surface area contributed by atoms with Gasteiger partial charge in [-0.15, -0.1) is 20.4 Å². The zero-order valence-corrected chi connectivity index (χ0v) is 20.2. The van der Waals surface area contributed by atoms with Crippen LogP contribution in [0.15, 0.2) is 58.1 Å². The highest BCUT2D eigenvalue weighted by atomic mass is 32.2. The molecule has 1 fully saturated rings. The highest BCUT2D eigenvalue weighted by Gasteiger charge is 2.25. The number of benzene rings is 2. The van der Waals surface area contributed by atoms with Crippen LogP contribution < -0.4 is 9.64 Å². The summed E-state index contributed by atoms with van der Waals surface area (Å²) in [5.74, 6) is 2.59. The lowest BCUT2D eigenvalue weighted by Crippen LogP contribution is -2.37. The smallest absolute Gasteiger partial charge is 0.247 e. The van der Waals surface area contributed by atoms with E-state index < -0.39 is 0 Å². The summed E-state index contributed by atoms with van der Waals surface area (Å²) in [6.45, 7) is 7.01. The maximum Gasteiger partial charge on any atom is 0.247 e. The molecule has 10 heteroatoms. The molecule has 0 aliphatic carbocycles. The highest BCUT2D eigenvalue weighted by molar-refractivity contribution is 7.99. The monoisotopic (exact) mass is 478 g/mol. The molecule has 4 aromatic rings. The molecule has 0 N–H and O–H groups in total. The van der Waals surface area contributed by atoms with Crippen LogP contribution in [0, 0.1) is 6.92 Å². The minimum atomic E-state index is -0.120. The molecule has 2 aromatic carbocycles. The van der Waals surface area contributed by atoms with E-state index >= 15 is 0 Å². The summed E-state index contributed by atoms with van der Waals surface area (Å²) in [6.07, 6.45) is 0. The number of hydrogen-bond acceptors (Lipinski definition) is 9. The van der Waals surface area contributed by atoms with Gasteiger partial charge in [0.15, 0.2) is 5.16 Å². The molecule has 0 unspecified atom stereocenters. The maximum absolute atomic E-state index is 5.99. The van der Waals surface area contributed by atoms with Crippen molar-refractivity contribution in [2.75, 3.05) is 38.3 Å². The van der Waals surface area contributed by atoms with E-state index in [0.29, 0.717) is 25.0 Å². The van der Waals surface area contributed by atoms with E-state index in [-0.39, 0.29) is 5.25 Å². The third-order valence-electron chi connectivity index (χ3n) is 5.61. The predicted molar refractivity (Wildman–Crippen MR) is 130 cm³/mol. The average molecular weight is 479 g/mol. The summed E-state index contributed by atoms with van der Waals surface area (Å²) in [6, 6.07) is 15.9. The Kier molecular flexibility index (Phi) is 6.50. The Balaban J connectivity index is 1.42. The van der Waals surface area contributed by atoms with E-state index in [9.17, 15) is 0 Å². The van der Waals surface area contributed by atoms with Crippen LogP contribution in [-0.2, 0) is 4.74 Å². The van der Waals surface area contributed by atoms with Crippen molar-refractivity contribution in [3.05, 3.63) is 60.0 Å². The average Bonchev–Trinajstić information content (AvgIpc) is 3.53. The molecule has 1 saturated heterocycles. The Morgan fingerprint density at radius 1 is 0.941 bits per heavy atom. The van der Waals surface area contributed by atoms with Gasteiger partial charge >= 0.3 is 0 Å². The number of nitrogens with zero attached hydrogens (tertiary/aromatic N) is 6. The van der Waals surface area contributed by atoms with Crippen LogP contribution in [0.25, 0.3) is 17.1 Å². The number of ether oxygens (including phenoxy) is 2. The van der Waals surface area contributed by atoms with Crippen LogP contribution in [0.2, 0.25) is 0 Å².